The van der Waals surface area contributed by atoms with Gasteiger partial charge in [-0.2, -0.15) is 5.10 Å². The Labute approximate surface area is 119 Å². The Bertz CT molecular complexity index is 393. The molecule has 0 spiro atoms. The van der Waals surface area contributed by atoms with Crippen LogP contribution in [-0.4, -0.2) is 51.2 Å². The first-order valence-corrected chi connectivity index (χ1v) is 7.04. The second-order valence-electron chi connectivity index (χ2n) is 5.01. The summed E-state index contributed by atoms with van der Waals surface area (Å²) in [5, 5.41) is 23.1. The van der Waals surface area contributed by atoms with Gasteiger partial charge in [0, 0.05) is 38.9 Å². The normalized spacial score (nSPS) is 11.8. The summed E-state index contributed by atoms with van der Waals surface area (Å²) in [7, 11) is 1.84. The lowest BCUT2D eigenvalue weighted by Gasteiger charge is -2.21. The first kappa shape index (κ1) is 16.4. The summed E-state index contributed by atoms with van der Waals surface area (Å²) in [6.45, 7) is 6.39. The van der Waals surface area contributed by atoms with Crippen molar-refractivity contribution < 1.29 is 10.2 Å². The lowest BCUT2D eigenvalue weighted by atomic mass is 10.1. The molecule has 0 atom stereocenters. The van der Waals surface area contributed by atoms with Crippen molar-refractivity contribution in [1.82, 2.24) is 14.7 Å². The number of nitrogens with zero attached hydrogens (tertiary/aromatic N) is 3. The Balaban J connectivity index is 2.88. The minimum atomic E-state index is 0.0975. The number of aliphatic hydroxyl groups is 2. The number of aryl methyl sites for hydroxylation is 1. The van der Waals surface area contributed by atoms with E-state index in [2.05, 4.69) is 23.8 Å². The van der Waals surface area contributed by atoms with Crippen LogP contribution in [0.3, 0.4) is 0 Å². The van der Waals surface area contributed by atoms with Crippen molar-refractivity contribution in [3.63, 3.8) is 0 Å². The van der Waals surface area contributed by atoms with Gasteiger partial charge >= 0.3 is 0 Å². The number of aromatic nitrogens is 2. The zero-order chi connectivity index (χ0) is 14.4. The molecule has 0 amide bonds. The molecule has 1 aromatic heterocycles. The highest BCUT2D eigenvalue weighted by molar-refractivity contribution is 6.30. The molecule has 110 valence electrons. The fraction of sp³-hybridized carbons (Fsp3) is 0.769. The van der Waals surface area contributed by atoms with Crippen LogP contribution in [0.25, 0.3) is 0 Å². The second-order valence-corrected chi connectivity index (χ2v) is 5.37. The third-order valence-electron chi connectivity index (χ3n) is 3.08. The summed E-state index contributed by atoms with van der Waals surface area (Å²) < 4.78 is 1.69. The molecule has 1 heterocycles. The third kappa shape index (κ3) is 4.45. The van der Waals surface area contributed by atoms with Gasteiger partial charge in [0.25, 0.3) is 0 Å². The molecule has 2 N–H and O–H groups in total. The Morgan fingerprint density at radius 3 is 2.47 bits per heavy atom. The Morgan fingerprint density at radius 1 is 1.26 bits per heavy atom. The van der Waals surface area contributed by atoms with E-state index < -0.39 is 0 Å². The summed E-state index contributed by atoms with van der Waals surface area (Å²) in [5.41, 5.74) is 2.02. The van der Waals surface area contributed by atoms with Crippen LogP contribution in [0.1, 0.15) is 37.4 Å². The number of hydrogen-bond donors (Lipinski definition) is 2. The molecular formula is C13H24ClN3O2. The van der Waals surface area contributed by atoms with Gasteiger partial charge in [0.1, 0.15) is 5.15 Å². The molecule has 0 aromatic carbocycles. The van der Waals surface area contributed by atoms with E-state index in [9.17, 15) is 0 Å². The lowest BCUT2D eigenvalue weighted by Crippen LogP contribution is -2.28. The number of rotatable bonds is 8. The van der Waals surface area contributed by atoms with E-state index in [0.29, 0.717) is 30.6 Å². The van der Waals surface area contributed by atoms with Crippen LogP contribution in [0, 0.1) is 0 Å². The molecule has 1 rings (SSSR count). The van der Waals surface area contributed by atoms with Crippen LogP contribution in [-0.2, 0) is 13.6 Å². The first-order valence-electron chi connectivity index (χ1n) is 6.66. The van der Waals surface area contributed by atoms with Crippen LogP contribution in [0.4, 0.5) is 0 Å². The Hall–Kier alpha value is -0.620. The number of hydrogen-bond acceptors (Lipinski definition) is 4. The standard InChI is InChI=1S/C13H24ClN3O2/c1-10(2)12-11(13(14)16(3)15-12)9-17(6-8-19)5-4-7-18/h10,18-19H,4-9H2,1-3H3. The molecule has 0 bridgehead atoms. The van der Waals surface area contributed by atoms with Crippen LogP contribution < -0.4 is 0 Å². The average molecular weight is 290 g/mol. The summed E-state index contributed by atoms with van der Waals surface area (Å²) in [6.07, 6.45) is 0.689. The molecule has 19 heavy (non-hydrogen) atoms. The average Bonchev–Trinajstić information content (AvgIpc) is 2.64. The maximum Gasteiger partial charge on any atom is 0.131 e. The minimum absolute atomic E-state index is 0.0975. The summed E-state index contributed by atoms with van der Waals surface area (Å²) in [5.74, 6) is 0.308. The fourth-order valence-corrected chi connectivity index (χ4v) is 2.30. The topological polar surface area (TPSA) is 61.5 Å². The van der Waals surface area contributed by atoms with Gasteiger partial charge in [-0.1, -0.05) is 25.4 Å². The van der Waals surface area contributed by atoms with E-state index in [1.807, 2.05) is 7.05 Å². The minimum Gasteiger partial charge on any atom is -0.396 e. The van der Waals surface area contributed by atoms with Crippen molar-refractivity contribution in [2.45, 2.75) is 32.7 Å². The van der Waals surface area contributed by atoms with E-state index >= 15 is 0 Å². The zero-order valence-electron chi connectivity index (χ0n) is 11.9. The van der Waals surface area contributed by atoms with Crippen LogP contribution in [0.2, 0.25) is 5.15 Å². The molecule has 6 heteroatoms. The van der Waals surface area contributed by atoms with Crippen molar-refractivity contribution in [1.29, 1.82) is 0 Å². The third-order valence-corrected chi connectivity index (χ3v) is 3.55. The van der Waals surface area contributed by atoms with E-state index in [-0.39, 0.29) is 13.2 Å². The lowest BCUT2D eigenvalue weighted by molar-refractivity contribution is 0.174. The van der Waals surface area contributed by atoms with E-state index in [1.54, 1.807) is 4.68 Å². The van der Waals surface area contributed by atoms with Crippen LogP contribution in [0.5, 0.6) is 0 Å². The largest absolute Gasteiger partial charge is 0.396 e. The molecule has 0 unspecified atom stereocenters. The van der Waals surface area contributed by atoms with Gasteiger partial charge < -0.3 is 10.2 Å². The highest BCUT2D eigenvalue weighted by Crippen LogP contribution is 2.26. The van der Waals surface area contributed by atoms with E-state index in [4.69, 9.17) is 21.8 Å². The summed E-state index contributed by atoms with van der Waals surface area (Å²) >= 11 is 6.30. The predicted molar refractivity (Wildman–Crippen MR) is 76.4 cm³/mol. The highest BCUT2D eigenvalue weighted by atomic mass is 35.5. The molecule has 0 radical (unpaired) electrons. The van der Waals surface area contributed by atoms with Gasteiger partial charge in [-0.15, -0.1) is 0 Å². The van der Waals surface area contributed by atoms with Gasteiger partial charge in [-0.05, 0) is 12.3 Å². The van der Waals surface area contributed by atoms with Crippen molar-refractivity contribution in [2.24, 2.45) is 7.05 Å². The molecule has 1 aromatic rings. The molecule has 0 aliphatic carbocycles. The monoisotopic (exact) mass is 289 g/mol. The molecule has 0 saturated carbocycles. The van der Waals surface area contributed by atoms with Gasteiger partial charge in [-0.25, -0.2) is 0 Å². The molecule has 0 fully saturated rings. The van der Waals surface area contributed by atoms with E-state index in [0.717, 1.165) is 17.8 Å². The van der Waals surface area contributed by atoms with Crippen molar-refractivity contribution >= 4 is 11.6 Å². The van der Waals surface area contributed by atoms with E-state index in [1.165, 1.54) is 0 Å². The fourth-order valence-electron chi connectivity index (χ4n) is 2.11. The predicted octanol–water partition coefficient (Wildman–Crippen LogP) is 1.37. The van der Waals surface area contributed by atoms with Crippen molar-refractivity contribution in [3.05, 3.63) is 16.4 Å². The van der Waals surface area contributed by atoms with Crippen molar-refractivity contribution in [3.8, 4) is 0 Å². The Kier molecular flexibility index (Phi) is 6.79. The molecule has 5 nitrogen and oxygen atoms in total. The molecule has 0 aliphatic heterocycles. The molecule has 0 saturated heterocycles. The van der Waals surface area contributed by atoms with Gasteiger partial charge in [0.05, 0.1) is 12.3 Å². The molecular weight excluding hydrogens is 266 g/mol. The zero-order valence-corrected chi connectivity index (χ0v) is 12.7. The maximum absolute atomic E-state index is 9.11. The first-order chi connectivity index (χ1) is 9.01. The number of aliphatic hydroxyl groups excluding tert-OH is 2. The van der Waals surface area contributed by atoms with Gasteiger partial charge in [-0.3, -0.25) is 9.58 Å². The van der Waals surface area contributed by atoms with Gasteiger partial charge in [0.2, 0.25) is 0 Å². The summed E-state index contributed by atoms with van der Waals surface area (Å²) in [4.78, 5) is 2.09. The Morgan fingerprint density at radius 2 is 1.95 bits per heavy atom. The quantitative estimate of drug-likeness (QED) is 0.759. The van der Waals surface area contributed by atoms with Gasteiger partial charge in [0.15, 0.2) is 0 Å². The molecule has 0 aliphatic rings. The number of halogens is 1. The highest BCUT2D eigenvalue weighted by Gasteiger charge is 2.19. The summed E-state index contributed by atoms with van der Waals surface area (Å²) in [6, 6.07) is 0. The van der Waals surface area contributed by atoms with Crippen LogP contribution in [0.15, 0.2) is 0 Å². The van der Waals surface area contributed by atoms with Crippen LogP contribution >= 0.6 is 11.6 Å². The van der Waals surface area contributed by atoms with Crippen molar-refractivity contribution in [2.75, 3.05) is 26.3 Å². The SMILES string of the molecule is CC(C)c1nn(C)c(Cl)c1CN(CCO)CCCO. The maximum atomic E-state index is 9.11. The second kappa shape index (κ2) is 7.85. The smallest absolute Gasteiger partial charge is 0.131 e.